The smallest absolute Gasteiger partial charge is 0.269 e. The van der Waals surface area contributed by atoms with Crippen molar-refractivity contribution >= 4 is 23.1 Å². The summed E-state index contributed by atoms with van der Waals surface area (Å²) in [7, 11) is 0. The lowest BCUT2D eigenvalue weighted by Gasteiger charge is -2.22. The summed E-state index contributed by atoms with van der Waals surface area (Å²) in [6.07, 6.45) is 0.899. The molecule has 1 N–H and O–H groups in total. The van der Waals surface area contributed by atoms with Crippen molar-refractivity contribution in [2.75, 3.05) is 4.90 Å². The van der Waals surface area contributed by atoms with Crippen molar-refractivity contribution < 1.29 is 24.0 Å². The van der Waals surface area contributed by atoms with Crippen LogP contribution < -0.4 is 4.90 Å². The maximum absolute atomic E-state index is 13.2. The fourth-order valence-corrected chi connectivity index (χ4v) is 3.50. The van der Waals surface area contributed by atoms with Gasteiger partial charge >= 0.3 is 0 Å². The van der Waals surface area contributed by atoms with Crippen LogP contribution in [-0.2, 0) is 16.9 Å². The molecule has 0 bridgehead atoms. The average Bonchev–Trinajstić information content (AvgIpc) is 3.32. The minimum Gasteiger partial charge on any atom is -0.461 e. The predicted octanol–water partition coefficient (Wildman–Crippen LogP) is 3.20. The Labute approximate surface area is 165 Å². The van der Waals surface area contributed by atoms with Gasteiger partial charge in [0.25, 0.3) is 11.6 Å². The first-order chi connectivity index (χ1) is 13.9. The zero-order valence-corrected chi connectivity index (χ0v) is 15.1. The number of aliphatic hydroxyl groups is 1. The number of non-ortho nitro benzene ring substituents is 1. The van der Waals surface area contributed by atoms with Crippen LogP contribution in [0.1, 0.15) is 28.1 Å². The Morgan fingerprint density at radius 3 is 2.48 bits per heavy atom. The summed E-state index contributed by atoms with van der Waals surface area (Å²) in [5.41, 5.74) is -0.582. The van der Waals surface area contributed by atoms with Crippen molar-refractivity contribution in [3.63, 3.8) is 0 Å². The molecule has 3 aromatic rings. The number of amides is 1. The average molecular weight is 392 g/mol. The van der Waals surface area contributed by atoms with Crippen LogP contribution in [0.3, 0.4) is 0 Å². The van der Waals surface area contributed by atoms with Crippen LogP contribution in [0.25, 0.3) is 0 Å². The van der Waals surface area contributed by atoms with E-state index < -0.39 is 28.6 Å². The molecule has 4 rings (SSSR count). The van der Waals surface area contributed by atoms with Crippen LogP contribution in [-0.4, -0.2) is 21.7 Å². The first-order valence-electron chi connectivity index (χ1n) is 8.84. The third-order valence-electron chi connectivity index (χ3n) is 4.94. The van der Waals surface area contributed by atoms with Crippen LogP contribution in [0.15, 0.2) is 71.3 Å². The maximum Gasteiger partial charge on any atom is 0.269 e. The molecule has 8 heteroatoms. The Bertz CT molecular complexity index is 1090. The van der Waals surface area contributed by atoms with Crippen LogP contribution >= 0.6 is 0 Å². The SMILES string of the molecule is O=C(CC1(O)C(=O)N(Cc2ccc([N+](=O)[O-])cc2)c2ccccc21)c1ccco1. The number of hydrogen-bond donors (Lipinski definition) is 1. The second-order valence-corrected chi connectivity index (χ2v) is 6.77. The molecule has 1 aromatic heterocycles. The minimum absolute atomic E-state index is 0.0533. The number of carbonyl (C=O) groups excluding carboxylic acids is 2. The molecule has 8 nitrogen and oxygen atoms in total. The number of rotatable bonds is 6. The second kappa shape index (κ2) is 6.99. The third kappa shape index (κ3) is 3.19. The number of Topliss-reactive ketones (excluding diaryl/α,β-unsaturated/α-hetero) is 1. The highest BCUT2D eigenvalue weighted by molar-refractivity contribution is 6.10. The van der Waals surface area contributed by atoms with Crippen LogP contribution in [0.5, 0.6) is 0 Å². The zero-order valence-electron chi connectivity index (χ0n) is 15.1. The molecule has 0 saturated heterocycles. The topological polar surface area (TPSA) is 114 Å². The van der Waals surface area contributed by atoms with Gasteiger partial charge in [0.2, 0.25) is 5.78 Å². The summed E-state index contributed by atoms with van der Waals surface area (Å²) in [4.78, 5) is 37.4. The van der Waals surface area contributed by atoms with Crippen molar-refractivity contribution in [2.45, 2.75) is 18.6 Å². The first kappa shape index (κ1) is 18.6. The number of furan rings is 1. The fraction of sp³-hybridized carbons (Fsp3) is 0.143. The van der Waals surface area contributed by atoms with Gasteiger partial charge in [-0.15, -0.1) is 0 Å². The summed E-state index contributed by atoms with van der Waals surface area (Å²) >= 11 is 0. The van der Waals surface area contributed by atoms with Gasteiger partial charge < -0.3 is 14.4 Å². The number of ketones is 1. The first-order valence-corrected chi connectivity index (χ1v) is 8.84. The van der Waals surface area contributed by atoms with Crippen molar-refractivity contribution in [3.05, 3.63) is 93.9 Å². The Morgan fingerprint density at radius 2 is 1.83 bits per heavy atom. The van der Waals surface area contributed by atoms with Gasteiger partial charge in [-0.25, -0.2) is 0 Å². The largest absolute Gasteiger partial charge is 0.461 e. The normalized spacial score (nSPS) is 18.0. The second-order valence-electron chi connectivity index (χ2n) is 6.77. The summed E-state index contributed by atoms with van der Waals surface area (Å²) in [5.74, 6) is -1.05. The molecule has 0 radical (unpaired) electrons. The summed E-state index contributed by atoms with van der Waals surface area (Å²) in [6, 6.07) is 15.6. The number of carbonyl (C=O) groups is 2. The van der Waals surface area contributed by atoms with Gasteiger partial charge in [0, 0.05) is 17.7 Å². The molecule has 2 aromatic carbocycles. The lowest BCUT2D eigenvalue weighted by molar-refractivity contribution is -0.384. The van der Waals surface area contributed by atoms with Gasteiger partial charge in [-0.1, -0.05) is 30.3 Å². The van der Waals surface area contributed by atoms with E-state index in [1.807, 2.05) is 0 Å². The van der Waals surface area contributed by atoms with Crippen LogP contribution in [0.2, 0.25) is 0 Å². The highest BCUT2D eigenvalue weighted by Crippen LogP contribution is 2.43. The molecule has 2 heterocycles. The molecule has 1 amide bonds. The highest BCUT2D eigenvalue weighted by Gasteiger charge is 2.51. The summed E-state index contributed by atoms with van der Waals surface area (Å²) in [5, 5.41) is 22.0. The van der Waals surface area contributed by atoms with Crippen molar-refractivity contribution in [3.8, 4) is 0 Å². The van der Waals surface area contributed by atoms with Crippen LogP contribution in [0, 0.1) is 10.1 Å². The third-order valence-corrected chi connectivity index (χ3v) is 4.94. The highest BCUT2D eigenvalue weighted by atomic mass is 16.6. The molecule has 1 unspecified atom stereocenters. The monoisotopic (exact) mass is 392 g/mol. The number of hydrogen-bond acceptors (Lipinski definition) is 6. The zero-order chi connectivity index (χ0) is 20.6. The predicted molar refractivity (Wildman–Crippen MR) is 102 cm³/mol. The van der Waals surface area contributed by atoms with E-state index in [9.17, 15) is 24.8 Å². The lowest BCUT2D eigenvalue weighted by atomic mass is 9.89. The maximum atomic E-state index is 13.2. The van der Waals surface area contributed by atoms with Gasteiger partial charge in [-0.05, 0) is 23.8 Å². The Hall–Kier alpha value is -3.78. The van der Waals surface area contributed by atoms with Crippen LogP contribution in [0.4, 0.5) is 11.4 Å². The molecule has 0 fully saturated rings. The number of benzene rings is 2. The Morgan fingerprint density at radius 1 is 1.10 bits per heavy atom. The van der Waals surface area contributed by atoms with E-state index in [4.69, 9.17) is 4.42 Å². The molecule has 1 aliphatic heterocycles. The van der Waals surface area contributed by atoms with Crippen molar-refractivity contribution in [2.24, 2.45) is 0 Å². The molecule has 0 aliphatic carbocycles. The molecule has 1 atom stereocenters. The van der Waals surface area contributed by atoms with E-state index in [-0.39, 0.29) is 18.0 Å². The molecular formula is C21H16N2O6. The van der Waals surface area contributed by atoms with Gasteiger partial charge in [0.05, 0.1) is 29.8 Å². The summed E-state index contributed by atoms with van der Waals surface area (Å²) < 4.78 is 5.09. The van der Waals surface area contributed by atoms with E-state index in [2.05, 4.69) is 0 Å². The number of fused-ring (bicyclic) bond motifs is 1. The van der Waals surface area contributed by atoms with Gasteiger partial charge in [-0.2, -0.15) is 0 Å². The lowest BCUT2D eigenvalue weighted by Crippen LogP contribution is -2.41. The Balaban J connectivity index is 1.65. The number of nitrogens with zero attached hydrogens (tertiary/aromatic N) is 2. The molecule has 1 aliphatic rings. The molecule has 0 spiro atoms. The van der Waals surface area contributed by atoms with Crippen molar-refractivity contribution in [1.82, 2.24) is 0 Å². The fourth-order valence-electron chi connectivity index (χ4n) is 3.50. The number of nitro benzene ring substituents is 1. The van der Waals surface area contributed by atoms with E-state index in [1.54, 1.807) is 42.5 Å². The standard InChI is InChI=1S/C21H16N2O6/c24-18(19-6-3-11-29-19)12-21(26)16-4-1-2-5-17(16)22(20(21)25)13-14-7-9-15(10-8-14)23(27)28/h1-11,26H,12-13H2. The molecule has 29 heavy (non-hydrogen) atoms. The van der Waals surface area contributed by atoms with E-state index in [0.29, 0.717) is 16.8 Å². The number of nitro groups is 1. The van der Waals surface area contributed by atoms with E-state index in [0.717, 1.165) is 0 Å². The van der Waals surface area contributed by atoms with Gasteiger partial charge in [0.1, 0.15) is 0 Å². The minimum atomic E-state index is -2.01. The number of para-hydroxylation sites is 1. The number of anilines is 1. The van der Waals surface area contributed by atoms with Gasteiger partial charge in [0.15, 0.2) is 11.4 Å². The quantitative estimate of drug-likeness (QED) is 0.391. The molecule has 146 valence electrons. The Kier molecular flexibility index (Phi) is 4.48. The summed E-state index contributed by atoms with van der Waals surface area (Å²) in [6.45, 7) is 0.102. The van der Waals surface area contributed by atoms with Crippen molar-refractivity contribution in [1.29, 1.82) is 0 Å². The molecular weight excluding hydrogens is 376 g/mol. The molecule has 0 saturated carbocycles. The van der Waals surface area contributed by atoms with E-state index in [1.165, 1.54) is 29.4 Å². The van der Waals surface area contributed by atoms with E-state index >= 15 is 0 Å². The van der Waals surface area contributed by atoms with Gasteiger partial charge in [-0.3, -0.25) is 19.7 Å².